The smallest absolute Gasteiger partial charge is 0.305 e. The number of hydrogen-bond acceptors (Lipinski definition) is 4. The van der Waals surface area contributed by atoms with Gasteiger partial charge in [0.15, 0.2) is 0 Å². The van der Waals surface area contributed by atoms with Gasteiger partial charge >= 0.3 is 5.97 Å². The van der Waals surface area contributed by atoms with E-state index in [4.69, 9.17) is 4.74 Å². The van der Waals surface area contributed by atoms with Gasteiger partial charge in [-0.25, -0.2) is 0 Å². The monoisotopic (exact) mass is 431 g/mol. The van der Waals surface area contributed by atoms with Crippen molar-refractivity contribution in [3.05, 3.63) is 82.2 Å². The van der Waals surface area contributed by atoms with E-state index in [0.717, 1.165) is 53.8 Å². The number of unbranched alkanes of at least 4 members (excludes halogenated alkanes) is 1. The van der Waals surface area contributed by atoms with Gasteiger partial charge in [0.25, 0.3) is 5.91 Å². The first-order valence-electron chi connectivity index (χ1n) is 11.0. The van der Waals surface area contributed by atoms with E-state index in [-0.39, 0.29) is 11.9 Å². The molecule has 0 spiro atoms. The van der Waals surface area contributed by atoms with Gasteiger partial charge in [0, 0.05) is 42.4 Å². The summed E-state index contributed by atoms with van der Waals surface area (Å²) in [4.78, 5) is 26.8. The SMILES string of the molecule is COC(=O)CCCCc1ccc(C(=O)N2Cc3cnn(C)c3Cc3ccccc32)cc1C. The fraction of sp³-hybridized carbons (Fsp3) is 0.346. The lowest BCUT2D eigenvalue weighted by atomic mass is 9.99. The van der Waals surface area contributed by atoms with Gasteiger partial charge in [-0.2, -0.15) is 5.10 Å². The van der Waals surface area contributed by atoms with E-state index in [0.29, 0.717) is 18.5 Å². The molecule has 4 rings (SSSR count). The molecule has 0 unspecified atom stereocenters. The zero-order valence-electron chi connectivity index (χ0n) is 18.9. The molecule has 2 heterocycles. The lowest BCUT2D eigenvalue weighted by Gasteiger charge is -2.23. The molecule has 0 fully saturated rings. The van der Waals surface area contributed by atoms with Crippen molar-refractivity contribution in [1.82, 2.24) is 9.78 Å². The minimum absolute atomic E-state index is 0.00510. The Hall–Kier alpha value is -3.41. The Kier molecular flexibility index (Phi) is 6.40. The van der Waals surface area contributed by atoms with Crippen molar-refractivity contribution in [3.8, 4) is 0 Å². The average molecular weight is 432 g/mol. The molecule has 32 heavy (non-hydrogen) atoms. The van der Waals surface area contributed by atoms with Gasteiger partial charge in [0.05, 0.1) is 19.9 Å². The fourth-order valence-corrected chi connectivity index (χ4v) is 4.36. The van der Waals surface area contributed by atoms with Crippen LogP contribution in [0.1, 0.15) is 57.6 Å². The molecular weight excluding hydrogens is 402 g/mol. The third-order valence-corrected chi connectivity index (χ3v) is 6.26. The number of rotatable bonds is 6. The van der Waals surface area contributed by atoms with Crippen LogP contribution in [-0.2, 0) is 36.0 Å². The lowest BCUT2D eigenvalue weighted by molar-refractivity contribution is -0.140. The van der Waals surface area contributed by atoms with Crippen molar-refractivity contribution in [2.75, 3.05) is 12.0 Å². The maximum atomic E-state index is 13.6. The van der Waals surface area contributed by atoms with Crippen LogP contribution < -0.4 is 4.90 Å². The van der Waals surface area contributed by atoms with Crippen molar-refractivity contribution >= 4 is 17.6 Å². The van der Waals surface area contributed by atoms with E-state index >= 15 is 0 Å². The first-order valence-corrected chi connectivity index (χ1v) is 11.0. The molecule has 166 valence electrons. The number of ether oxygens (including phenoxy) is 1. The summed E-state index contributed by atoms with van der Waals surface area (Å²) in [5.74, 6) is -0.174. The van der Waals surface area contributed by atoms with Crippen molar-refractivity contribution in [3.63, 3.8) is 0 Å². The van der Waals surface area contributed by atoms with Gasteiger partial charge in [-0.3, -0.25) is 14.3 Å². The zero-order valence-corrected chi connectivity index (χ0v) is 18.9. The van der Waals surface area contributed by atoms with Crippen molar-refractivity contribution in [2.24, 2.45) is 7.05 Å². The highest BCUT2D eigenvalue weighted by atomic mass is 16.5. The fourth-order valence-electron chi connectivity index (χ4n) is 4.36. The molecule has 0 N–H and O–H groups in total. The Morgan fingerprint density at radius 3 is 2.69 bits per heavy atom. The number of methoxy groups -OCH3 is 1. The Morgan fingerprint density at radius 1 is 1.09 bits per heavy atom. The number of hydrogen-bond donors (Lipinski definition) is 0. The van der Waals surface area contributed by atoms with Crippen LogP contribution in [0.4, 0.5) is 5.69 Å². The summed E-state index contributed by atoms with van der Waals surface area (Å²) in [5, 5.41) is 4.41. The molecule has 1 aliphatic heterocycles. The molecule has 1 amide bonds. The van der Waals surface area contributed by atoms with Crippen LogP contribution in [0.25, 0.3) is 0 Å². The second kappa shape index (κ2) is 9.39. The highest BCUT2D eigenvalue weighted by Gasteiger charge is 2.26. The number of aryl methyl sites for hydroxylation is 3. The number of esters is 1. The summed E-state index contributed by atoms with van der Waals surface area (Å²) in [6.07, 6.45) is 5.65. The van der Waals surface area contributed by atoms with Gasteiger partial charge in [-0.15, -0.1) is 0 Å². The van der Waals surface area contributed by atoms with E-state index < -0.39 is 0 Å². The number of fused-ring (bicyclic) bond motifs is 2. The van der Waals surface area contributed by atoms with E-state index in [2.05, 4.69) is 11.2 Å². The van der Waals surface area contributed by atoms with E-state index in [1.54, 1.807) is 0 Å². The summed E-state index contributed by atoms with van der Waals surface area (Å²) < 4.78 is 6.60. The first kappa shape index (κ1) is 21.8. The standard InChI is InChI=1S/C26H29N3O3/c1-18-14-21(13-12-19(18)8-5-7-11-25(30)32-3)26(31)29-17-22-16-27-28(2)24(22)15-20-9-4-6-10-23(20)29/h4,6,9-10,12-14,16H,5,7-8,11,15,17H2,1-3H3. The summed E-state index contributed by atoms with van der Waals surface area (Å²) in [6, 6.07) is 14.0. The minimum Gasteiger partial charge on any atom is -0.469 e. The molecule has 1 aliphatic rings. The van der Waals surface area contributed by atoms with Crippen LogP contribution >= 0.6 is 0 Å². The molecular formula is C26H29N3O3. The number of para-hydroxylation sites is 1. The van der Waals surface area contributed by atoms with Crippen LogP contribution in [0.5, 0.6) is 0 Å². The van der Waals surface area contributed by atoms with Crippen molar-refractivity contribution in [2.45, 2.75) is 45.6 Å². The molecule has 0 radical (unpaired) electrons. The van der Waals surface area contributed by atoms with Crippen LogP contribution in [0.15, 0.2) is 48.7 Å². The molecule has 0 bridgehead atoms. The minimum atomic E-state index is -0.169. The highest BCUT2D eigenvalue weighted by molar-refractivity contribution is 6.06. The molecule has 0 atom stereocenters. The predicted molar refractivity (Wildman–Crippen MR) is 124 cm³/mol. The van der Waals surface area contributed by atoms with Crippen LogP contribution in [0, 0.1) is 6.92 Å². The number of benzene rings is 2. The molecule has 6 nitrogen and oxygen atoms in total. The molecule has 1 aromatic heterocycles. The number of anilines is 1. The number of nitrogens with zero attached hydrogens (tertiary/aromatic N) is 3. The van der Waals surface area contributed by atoms with Gasteiger partial charge in [-0.1, -0.05) is 24.3 Å². The van der Waals surface area contributed by atoms with Crippen LogP contribution in [0.2, 0.25) is 0 Å². The second-order valence-corrected chi connectivity index (χ2v) is 8.36. The lowest BCUT2D eigenvalue weighted by Crippen LogP contribution is -2.30. The normalized spacial score (nSPS) is 12.7. The molecule has 0 saturated heterocycles. The van der Waals surface area contributed by atoms with E-state index in [9.17, 15) is 9.59 Å². The second-order valence-electron chi connectivity index (χ2n) is 8.36. The number of carbonyl (C=O) groups is 2. The molecule has 6 heteroatoms. The van der Waals surface area contributed by atoms with Crippen LogP contribution in [-0.4, -0.2) is 28.8 Å². The first-order chi connectivity index (χ1) is 15.5. The molecule has 3 aromatic rings. The number of carbonyl (C=O) groups excluding carboxylic acids is 2. The summed E-state index contributed by atoms with van der Waals surface area (Å²) in [7, 11) is 3.37. The molecule has 0 aliphatic carbocycles. The quantitative estimate of drug-likeness (QED) is 0.430. The van der Waals surface area contributed by atoms with Crippen LogP contribution in [0.3, 0.4) is 0 Å². The topological polar surface area (TPSA) is 64.4 Å². The summed E-state index contributed by atoms with van der Waals surface area (Å²) in [6.45, 7) is 2.55. The Balaban J connectivity index is 1.55. The maximum Gasteiger partial charge on any atom is 0.305 e. The Morgan fingerprint density at radius 2 is 1.91 bits per heavy atom. The third-order valence-electron chi connectivity index (χ3n) is 6.26. The Bertz CT molecular complexity index is 1150. The van der Waals surface area contributed by atoms with Gasteiger partial charge in [0.1, 0.15) is 0 Å². The zero-order chi connectivity index (χ0) is 22.7. The van der Waals surface area contributed by atoms with E-state index in [1.807, 2.05) is 66.1 Å². The number of amides is 1. The summed E-state index contributed by atoms with van der Waals surface area (Å²) >= 11 is 0. The molecule has 0 saturated carbocycles. The van der Waals surface area contributed by atoms with Gasteiger partial charge in [-0.05, 0) is 61.1 Å². The van der Waals surface area contributed by atoms with E-state index in [1.165, 1.54) is 12.7 Å². The maximum absolute atomic E-state index is 13.6. The largest absolute Gasteiger partial charge is 0.469 e. The molecule has 2 aromatic carbocycles. The average Bonchev–Trinajstić information content (AvgIpc) is 3.05. The van der Waals surface area contributed by atoms with Gasteiger partial charge in [0.2, 0.25) is 0 Å². The Labute approximate surface area is 188 Å². The number of aromatic nitrogens is 2. The summed E-state index contributed by atoms with van der Waals surface area (Å²) in [5.41, 5.74) is 7.29. The predicted octanol–water partition coefficient (Wildman–Crippen LogP) is 4.37. The third kappa shape index (κ3) is 4.44. The van der Waals surface area contributed by atoms with Crippen molar-refractivity contribution in [1.29, 1.82) is 0 Å². The van der Waals surface area contributed by atoms with Crippen molar-refractivity contribution < 1.29 is 14.3 Å². The van der Waals surface area contributed by atoms with Gasteiger partial charge < -0.3 is 9.64 Å². The highest BCUT2D eigenvalue weighted by Crippen LogP contribution is 2.31.